The van der Waals surface area contributed by atoms with Gasteiger partial charge in [-0.05, 0) is 35.4 Å². The Balaban J connectivity index is 1.70. The fourth-order valence-corrected chi connectivity index (χ4v) is 2.70. The lowest BCUT2D eigenvalue weighted by Gasteiger charge is -2.19. The van der Waals surface area contributed by atoms with E-state index in [1.807, 2.05) is 48.5 Å². The Morgan fingerprint density at radius 3 is 2.11 bits per heavy atom. The number of carbonyl (C=O) groups excluding carboxylic acids is 2. The summed E-state index contributed by atoms with van der Waals surface area (Å²) in [7, 11) is 0. The van der Waals surface area contributed by atoms with Gasteiger partial charge in [-0.25, -0.2) is 0 Å². The van der Waals surface area contributed by atoms with E-state index in [2.05, 4.69) is 15.6 Å². The van der Waals surface area contributed by atoms with Crippen LogP contribution in [0.1, 0.15) is 21.5 Å². The summed E-state index contributed by atoms with van der Waals surface area (Å²) in [4.78, 5) is 29.2. The summed E-state index contributed by atoms with van der Waals surface area (Å²) in [5.41, 5.74) is 2.46. The third-order valence-electron chi connectivity index (χ3n) is 4.16. The van der Waals surface area contributed by atoms with Crippen molar-refractivity contribution in [2.75, 3.05) is 0 Å². The number of nitrogens with one attached hydrogen (secondary N) is 2. The average Bonchev–Trinajstić information content (AvgIpc) is 2.73. The minimum Gasteiger partial charge on any atom is -0.350 e. The first kappa shape index (κ1) is 18.3. The second kappa shape index (κ2) is 9.29. The van der Waals surface area contributed by atoms with Gasteiger partial charge in [-0.2, -0.15) is 0 Å². The molecule has 0 radical (unpaired) electrons. The van der Waals surface area contributed by atoms with Crippen LogP contribution >= 0.6 is 0 Å². The Kier molecular flexibility index (Phi) is 6.30. The molecule has 2 aromatic carbocycles. The number of amides is 2. The lowest BCUT2D eigenvalue weighted by atomic mass is 10.0. The Labute approximate surface area is 158 Å². The van der Waals surface area contributed by atoms with Crippen LogP contribution in [0.3, 0.4) is 0 Å². The van der Waals surface area contributed by atoms with E-state index in [-0.39, 0.29) is 11.8 Å². The van der Waals surface area contributed by atoms with Gasteiger partial charge in [0.1, 0.15) is 6.04 Å². The van der Waals surface area contributed by atoms with E-state index in [4.69, 9.17) is 0 Å². The number of rotatable bonds is 7. The van der Waals surface area contributed by atoms with Crippen LogP contribution < -0.4 is 10.6 Å². The summed E-state index contributed by atoms with van der Waals surface area (Å²) < 4.78 is 0. The number of hydrogen-bond donors (Lipinski definition) is 2. The summed E-state index contributed by atoms with van der Waals surface area (Å²) >= 11 is 0. The first-order valence-corrected chi connectivity index (χ1v) is 8.79. The van der Waals surface area contributed by atoms with Crippen LogP contribution in [-0.4, -0.2) is 22.8 Å². The molecule has 5 nitrogen and oxygen atoms in total. The molecule has 5 heteroatoms. The van der Waals surface area contributed by atoms with E-state index < -0.39 is 6.04 Å². The van der Waals surface area contributed by atoms with Gasteiger partial charge >= 0.3 is 0 Å². The predicted molar refractivity (Wildman–Crippen MR) is 104 cm³/mol. The van der Waals surface area contributed by atoms with Crippen LogP contribution in [0.2, 0.25) is 0 Å². The molecule has 0 fully saturated rings. The van der Waals surface area contributed by atoms with Crippen molar-refractivity contribution in [2.24, 2.45) is 0 Å². The molecule has 0 unspecified atom stereocenters. The molecule has 1 atom stereocenters. The van der Waals surface area contributed by atoms with Crippen molar-refractivity contribution < 1.29 is 9.59 Å². The molecule has 3 aromatic rings. The highest BCUT2D eigenvalue weighted by Gasteiger charge is 2.21. The van der Waals surface area contributed by atoms with Crippen LogP contribution in [0, 0.1) is 0 Å². The SMILES string of the molecule is O=C(N[C@@H](Cc1ccccc1)C(=O)NCc1ccncc1)c1ccccc1. The maximum Gasteiger partial charge on any atom is 0.251 e. The highest BCUT2D eigenvalue weighted by atomic mass is 16.2. The molecule has 2 amide bonds. The Hall–Kier alpha value is -3.47. The number of pyridine rings is 1. The van der Waals surface area contributed by atoms with Crippen molar-refractivity contribution >= 4 is 11.8 Å². The third kappa shape index (κ3) is 5.51. The number of benzene rings is 2. The maximum atomic E-state index is 12.7. The van der Waals surface area contributed by atoms with Crippen LogP contribution in [0.5, 0.6) is 0 Å². The van der Waals surface area contributed by atoms with Gasteiger partial charge in [0.2, 0.25) is 5.91 Å². The second-order valence-corrected chi connectivity index (χ2v) is 6.16. The van der Waals surface area contributed by atoms with Gasteiger partial charge in [0.25, 0.3) is 5.91 Å². The highest BCUT2D eigenvalue weighted by molar-refractivity contribution is 5.97. The summed E-state index contributed by atoms with van der Waals surface area (Å²) in [5.74, 6) is -0.490. The van der Waals surface area contributed by atoms with Crippen LogP contribution in [0.25, 0.3) is 0 Å². The molecule has 0 aliphatic rings. The second-order valence-electron chi connectivity index (χ2n) is 6.16. The van der Waals surface area contributed by atoms with Crippen molar-refractivity contribution in [3.8, 4) is 0 Å². The zero-order chi connectivity index (χ0) is 18.9. The first-order chi connectivity index (χ1) is 13.2. The number of nitrogens with zero attached hydrogens (tertiary/aromatic N) is 1. The molecule has 3 rings (SSSR count). The summed E-state index contributed by atoms with van der Waals surface area (Å²) in [6.45, 7) is 0.383. The predicted octanol–water partition coefficient (Wildman–Crippen LogP) is 2.74. The fourth-order valence-electron chi connectivity index (χ4n) is 2.70. The summed E-state index contributed by atoms with van der Waals surface area (Å²) in [5, 5.41) is 5.75. The van der Waals surface area contributed by atoms with Crippen LogP contribution in [0.15, 0.2) is 85.2 Å². The van der Waals surface area contributed by atoms with Crippen molar-refractivity contribution in [1.29, 1.82) is 0 Å². The summed E-state index contributed by atoms with van der Waals surface area (Å²) in [6, 6.07) is 21.6. The standard InChI is InChI=1S/C22H21N3O2/c26-21(19-9-5-2-6-10-19)25-20(15-17-7-3-1-4-8-17)22(27)24-16-18-11-13-23-14-12-18/h1-14,20H,15-16H2,(H,24,27)(H,25,26)/t20-/m0/s1. The summed E-state index contributed by atoms with van der Waals surface area (Å²) in [6.07, 6.45) is 3.78. The molecule has 0 saturated carbocycles. The molecule has 0 saturated heterocycles. The van der Waals surface area contributed by atoms with Gasteiger partial charge in [0.05, 0.1) is 0 Å². The van der Waals surface area contributed by atoms with Crippen LogP contribution in [0.4, 0.5) is 0 Å². The molecular formula is C22H21N3O2. The lowest BCUT2D eigenvalue weighted by Crippen LogP contribution is -2.47. The Morgan fingerprint density at radius 1 is 0.815 bits per heavy atom. The first-order valence-electron chi connectivity index (χ1n) is 8.79. The van der Waals surface area contributed by atoms with Gasteiger partial charge in [-0.1, -0.05) is 48.5 Å². The molecule has 0 spiro atoms. The molecule has 27 heavy (non-hydrogen) atoms. The molecule has 0 aliphatic heterocycles. The highest BCUT2D eigenvalue weighted by Crippen LogP contribution is 2.06. The van der Waals surface area contributed by atoms with E-state index in [9.17, 15) is 9.59 Å². The van der Waals surface area contributed by atoms with E-state index in [1.54, 1.807) is 36.7 Å². The lowest BCUT2D eigenvalue weighted by molar-refractivity contribution is -0.123. The average molecular weight is 359 g/mol. The van der Waals surface area contributed by atoms with E-state index in [1.165, 1.54) is 0 Å². The van der Waals surface area contributed by atoms with Crippen LogP contribution in [-0.2, 0) is 17.8 Å². The zero-order valence-corrected chi connectivity index (χ0v) is 14.8. The topological polar surface area (TPSA) is 71.1 Å². The molecular weight excluding hydrogens is 338 g/mol. The maximum absolute atomic E-state index is 12.7. The molecule has 1 aromatic heterocycles. The van der Waals surface area contributed by atoms with E-state index in [0.29, 0.717) is 18.5 Å². The Bertz CT molecular complexity index is 868. The molecule has 0 bridgehead atoms. The van der Waals surface area contributed by atoms with Crippen molar-refractivity contribution in [3.63, 3.8) is 0 Å². The van der Waals surface area contributed by atoms with Gasteiger partial charge in [-0.15, -0.1) is 0 Å². The largest absolute Gasteiger partial charge is 0.350 e. The minimum atomic E-state index is -0.665. The van der Waals surface area contributed by atoms with E-state index >= 15 is 0 Å². The van der Waals surface area contributed by atoms with Crippen molar-refractivity contribution in [3.05, 3.63) is 102 Å². The van der Waals surface area contributed by atoms with Gasteiger partial charge < -0.3 is 10.6 Å². The van der Waals surface area contributed by atoms with E-state index in [0.717, 1.165) is 11.1 Å². The Morgan fingerprint density at radius 2 is 1.44 bits per heavy atom. The van der Waals surface area contributed by atoms with Gasteiger partial charge in [-0.3, -0.25) is 14.6 Å². The fraction of sp³-hybridized carbons (Fsp3) is 0.136. The monoisotopic (exact) mass is 359 g/mol. The number of carbonyl (C=O) groups is 2. The minimum absolute atomic E-state index is 0.222. The molecule has 0 aliphatic carbocycles. The zero-order valence-electron chi connectivity index (χ0n) is 14.8. The van der Waals surface area contributed by atoms with Crippen molar-refractivity contribution in [1.82, 2.24) is 15.6 Å². The molecule has 1 heterocycles. The smallest absolute Gasteiger partial charge is 0.251 e. The van der Waals surface area contributed by atoms with Crippen molar-refractivity contribution in [2.45, 2.75) is 19.0 Å². The third-order valence-corrected chi connectivity index (χ3v) is 4.16. The quantitative estimate of drug-likeness (QED) is 0.681. The number of aromatic nitrogens is 1. The van der Waals surface area contributed by atoms with Gasteiger partial charge in [0, 0.05) is 30.9 Å². The van der Waals surface area contributed by atoms with Gasteiger partial charge in [0.15, 0.2) is 0 Å². The normalized spacial score (nSPS) is 11.4. The molecule has 2 N–H and O–H groups in total. The molecule has 136 valence electrons. The number of hydrogen-bond acceptors (Lipinski definition) is 3.